The molecule has 2 heteroatoms. The molecule has 0 unspecified atom stereocenters. The molecule has 244 valence electrons. The summed E-state index contributed by atoms with van der Waals surface area (Å²) < 4.78 is 0. The Morgan fingerprint density at radius 1 is 0.275 bits per heavy atom. The van der Waals surface area contributed by atoms with Crippen LogP contribution in [0, 0.1) is 0 Å². The molecule has 0 rings (SSSR count). The molecule has 0 saturated carbocycles. The van der Waals surface area contributed by atoms with E-state index in [0.717, 1.165) is 5.88 Å². The van der Waals surface area contributed by atoms with Gasteiger partial charge in [0.15, 0.2) is 0 Å². The molecule has 0 aliphatic carbocycles. The highest BCUT2D eigenvalue weighted by molar-refractivity contribution is 6.17. The Morgan fingerprint density at radius 2 is 0.425 bits per heavy atom. The Bertz CT molecular complexity index is 352. The van der Waals surface area contributed by atoms with Gasteiger partial charge in [-0.3, -0.25) is 0 Å². The largest absolute Gasteiger partial charge is 0.317 e. The molecule has 0 radical (unpaired) electrons. The van der Waals surface area contributed by atoms with Gasteiger partial charge in [-0.05, 0) is 25.9 Å². The fourth-order valence-corrected chi connectivity index (χ4v) is 5.72. The fourth-order valence-electron chi connectivity index (χ4n) is 5.72. The van der Waals surface area contributed by atoms with Gasteiger partial charge < -0.3 is 5.32 Å². The molecule has 1 N–H and O–H groups in total. The van der Waals surface area contributed by atoms with Crippen LogP contribution in [0.25, 0.3) is 0 Å². The minimum absolute atomic E-state index is 0.722. The second-order valence-corrected chi connectivity index (χ2v) is 13.2. The normalized spacial score (nSPS) is 11.1. The summed E-state index contributed by atoms with van der Waals surface area (Å²) in [5.74, 6) is 0.722. The lowest BCUT2D eigenvalue weighted by Crippen LogP contribution is -2.16. The van der Waals surface area contributed by atoms with E-state index in [-0.39, 0.29) is 0 Å². The lowest BCUT2D eigenvalue weighted by molar-refractivity contribution is 0.515. The van der Waals surface area contributed by atoms with E-state index < -0.39 is 0 Å². The standard InChI is InChI=1S/C36H75N.C2H5Cl/c1-3-5-7-9-11-13-15-17-19-21-23-25-27-29-31-33-35-37-36-34-32-30-28-26-24-22-20-18-16-14-12-10-8-6-4-2;1-2-3/h37H,3-36H2,1-2H3;2H2,1H3. The molecule has 0 aromatic carbocycles. The van der Waals surface area contributed by atoms with Crippen molar-refractivity contribution in [3.8, 4) is 0 Å². The maximum Gasteiger partial charge on any atom is 0.0195 e. The maximum absolute atomic E-state index is 5.00. The van der Waals surface area contributed by atoms with Crippen LogP contribution in [-0.2, 0) is 0 Å². The van der Waals surface area contributed by atoms with Gasteiger partial charge >= 0.3 is 0 Å². The van der Waals surface area contributed by atoms with Crippen LogP contribution in [-0.4, -0.2) is 19.0 Å². The van der Waals surface area contributed by atoms with E-state index in [0.29, 0.717) is 0 Å². The van der Waals surface area contributed by atoms with E-state index in [1.165, 1.54) is 219 Å². The van der Waals surface area contributed by atoms with Crippen molar-refractivity contribution < 1.29 is 0 Å². The van der Waals surface area contributed by atoms with Crippen LogP contribution in [0.5, 0.6) is 0 Å². The van der Waals surface area contributed by atoms with Gasteiger partial charge in [0, 0.05) is 5.88 Å². The smallest absolute Gasteiger partial charge is 0.0195 e. The zero-order valence-corrected chi connectivity index (χ0v) is 29.4. The number of unbranched alkanes of at least 4 members (excludes halogenated alkanes) is 30. The van der Waals surface area contributed by atoms with Gasteiger partial charge in [-0.25, -0.2) is 0 Å². The highest BCUT2D eigenvalue weighted by Crippen LogP contribution is 2.15. The van der Waals surface area contributed by atoms with Crippen LogP contribution in [0.1, 0.15) is 226 Å². The van der Waals surface area contributed by atoms with Crippen LogP contribution in [0.15, 0.2) is 0 Å². The zero-order valence-electron chi connectivity index (χ0n) is 28.6. The van der Waals surface area contributed by atoms with Crippen molar-refractivity contribution in [3.05, 3.63) is 0 Å². The molecule has 0 heterocycles. The summed E-state index contributed by atoms with van der Waals surface area (Å²) in [6, 6.07) is 0. The fraction of sp³-hybridized carbons (Fsp3) is 1.00. The molecule has 0 bridgehead atoms. The predicted molar refractivity (Wildman–Crippen MR) is 188 cm³/mol. The maximum atomic E-state index is 5.00. The number of nitrogens with one attached hydrogen (secondary N) is 1. The van der Waals surface area contributed by atoms with Crippen molar-refractivity contribution >= 4 is 11.6 Å². The van der Waals surface area contributed by atoms with E-state index in [1.807, 2.05) is 6.92 Å². The molecule has 0 atom stereocenters. The topological polar surface area (TPSA) is 12.0 Å². The van der Waals surface area contributed by atoms with Crippen molar-refractivity contribution in [2.75, 3.05) is 19.0 Å². The van der Waals surface area contributed by atoms with Crippen molar-refractivity contribution in [3.63, 3.8) is 0 Å². The van der Waals surface area contributed by atoms with Crippen molar-refractivity contribution in [2.45, 2.75) is 226 Å². The monoisotopic (exact) mass is 586 g/mol. The van der Waals surface area contributed by atoms with Crippen molar-refractivity contribution in [1.82, 2.24) is 5.32 Å². The Hall–Kier alpha value is 0.250. The summed E-state index contributed by atoms with van der Waals surface area (Å²) in [6.45, 7) is 9.00. The number of hydrogen-bond acceptors (Lipinski definition) is 1. The minimum Gasteiger partial charge on any atom is -0.317 e. The van der Waals surface area contributed by atoms with Gasteiger partial charge in [-0.15, -0.1) is 11.6 Å². The third-order valence-electron chi connectivity index (χ3n) is 8.41. The van der Waals surface area contributed by atoms with E-state index in [2.05, 4.69) is 19.2 Å². The Labute approximate surface area is 261 Å². The molecule has 0 aliphatic rings. The van der Waals surface area contributed by atoms with Crippen LogP contribution in [0.2, 0.25) is 0 Å². The number of hydrogen-bond donors (Lipinski definition) is 1. The van der Waals surface area contributed by atoms with E-state index in [4.69, 9.17) is 11.6 Å². The third kappa shape index (κ3) is 45.2. The van der Waals surface area contributed by atoms with Crippen molar-refractivity contribution in [1.29, 1.82) is 0 Å². The summed E-state index contributed by atoms with van der Waals surface area (Å²) in [5, 5.41) is 3.68. The quantitative estimate of drug-likeness (QED) is 0.0584. The molecule has 0 aromatic rings. The predicted octanol–water partition coefficient (Wildman–Crippen LogP) is 14.3. The first-order chi connectivity index (χ1) is 19.8. The highest BCUT2D eigenvalue weighted by Gasteiger charge is 1.97. The first-order valence-electron chi connectivity index (χ1n) is 19.1. The van der Waals surface area contributed by atoms with Crippen LogP contribution in [0.3, 0.4) is 0 Å². The average molecular weight is 587 g/mol. The summed E-state index contributed by atoms with van der Waals surface area (Å²) in [5.41, 5.74) is 0. The van der Waals surface area contributed by atoms with E-state index >= 15 is 0 Å². The van der Waals surface area contributed by atoms with Gasteiger partial charge in [0.05, 0.1) is 0 Å². The molecular weight excluding hydrogens is 506 g/mol. The van der Waals surface area contributed by atoms with E-state index in [1.54, 1.807) is 0 Å². The molecule has 0 spiro atoms. The second-order valence-electron chi connectivity index (χ2n) is 12.6. The molecule has 40 heavy (non-hydrogen) atoms. The molecule has 1 nitrogen and oxygen atoms in total. The molecule has 0 saturated heterocycles. The molecular formula is C38H80ClN. The van der Waals surface area contributed by atoms with Crippen LogP contribution in [0.4, 0.5) is 0 Å². The number of rotatable bonds is 34. The molecule has 0 aliphatic heterocycles. The second kappa shape index (κ2) is 43.7. The number of alkyl halides is 1. The summed E-state index contributed by atoms with van der Waals surface area (Å²) in [7, 11) is 0. The zero-order chi connectivity index (χ0) is 29.5. The summed E-state index contributed by atoms with van der Waals surface area (Å²) >= 11 is 5.00. The van der Waals surface area contributed by atoms with Gasteiger partial charge in [-0.2, -0.15) is 0 Å². The third-order valence-corrected chi connectivity index (χ3v) is 8.41. The van der Waals surface area contributed by atoms with E-state index in [9.17, 15) is 0 Å². The molecule has 0 amide bonds. The number of halogens is 1. The van der Waals surface area contributed by atoms with Gasteiger partial charge in [0.25, 0.3) is 0 Å². The van der Waals surface area contributed by atoms with Crippen LogP contribution >= 0.6 is 11.6 Å². The van der Waals surface area contributed by atoms with Crippen LogP contribution < -0.4 is 5.32 Å². The first kappa shape index (κ1) is 42.4. The Balaban J connectivity index is 0. The minimum atomic E-state index is 0.722. The Morgan fingerprint density at radius 3 is 0.600 bits per heavy atom. The SMILES string of the molecule is CCCCCCCCCCCCCCCCCCNCCCCCCCCCCCCCCCCCC.CCCl. The summed E-state index contributed by atoms with van der Waals surface area (Å²) in [4.78, 5) is 0. The Kier molecular flexibility index (Phi) is 46.3. The first-order valence-corrected chi connectivity index (χ1v) is 19.6. The average Bonchev–Trinajstić information content (AvgIpc) is 2.96. The van der Waals surface area contributed by atoms with Gasteiger partial charge in [0.1, 0.15) is 0 Å². The summed E-state index contributed by atoms with van der Waals surface area (Å²) in [6.07, 6.45) is 46.7. The van der Waals surface area contributed by atoms with Gasteiger partial charge in [-0.1, -0.05) is 213 Å². The lowest BCUT2D eigenvalue weighted by Gasteiger charge is -2.06. The van der Waals surface area contributed by atoms with Crippen molar-refractivity contribution in [2.24, 2.45) is 0 Å². The van der Waals surface area contributed by atoms with Gasteiger partial charge in [0.2, 0.25) is 0 Å². The molecule has 0 aromatic heterocycles. The highest BCUT2D eigenvalue weighted by atomic mass is 35.5. The molecule has 0 fully saturated rings. The lowest BCUT2D eigenvalue weighted by atomic mass is 10.0.